The van der Waals surface area contributed by atoms with Crippen molar-refractivity contribution < 1.29 is 9.09 Å². The molecule has 86 valence electrons. The standard InChI is InChI=1S/C14H13O2P/c1-17(15)14-10-6-5-8-12(14)11-7-3-2-4-9-13(11)16-17/h2-11H,1H3. The van der Waals surface area contributed by atoms with Crippen molar-refractivity contribution in [1.29, 1.82) is 0 Å². The van der Waals surface area contributed by atoms with Gasteiger partial charge in [0, 0.05) is 6.66 Å². The van der Waals surface area contributed by atoms with Crippen LogP contribution >= 0.6 is 7.37 Å². The molecule has 2 unspecified atom stereocenters. The Morgan fingerprint density at radius 1 is 1.18 bits per heavy atom. The normalized spacial score (nSPS) is 29.7. The van der Waals surface area contributed by atoms with E-state index in [1.54, 1.807) is 6.66 Å². The van der Waals surface area contributed by atoms with Crippen molar-refractivity contribution in [2.75, 3.05) is 6.66 Å². The molecule has 0 aromatic heterocycles. The molecule has 0 fully saturated rings. The monoisotopic (exact) mass is 244 g/mol. The van der Waals surface area contributed by atoms with Gasteiger partial charge in [0.1, 0.15) is 5.76 Å². The first-order valence-corrected chi connectivity index (χ1v) is 7.67. The van der Waals surface area contributed by atoms with Crippen LogP contribution < -0.4 is 5.30 Å². The summed E-state index contributed by atoms with van der Waals surface area (Å²) in [7, 11) is -2.72. The van der Waals surface area contributed by atoms with Crippen molar-refractivity contribution in [2.24, 2.45) is 0 Å². The van der Waals surface area contributed by atoms with Gasteiger partial charge in [-0.1, -0.05) is 42.5 Å². The molecular formula is C14H13O2P. The van der Waals surface area contributed by atoms with Crippen molar-refractivity contribution in [3.8, 4) is 0 Å². The SMILES string of the molecule is CP1(=O)OC2=CC=CC=CC2c2ccccc21. The third kappa shape index (κ3) is 1.69. The van der Waals surface area contributed by atoms with E-state index in [0.717, 1.165) is 16.6 Å². The topological polar surface area (TPSA) is 26.3 Å². The van der Waals surface area contributed by atoms with Crippen molar-refractivity contribution in [2.45, 2.75) is 5.92 Å². The summed E-state index contributed by atoms with van der Waals surface area (Å²) in [6.07, 6.45) is 9.85. The Morgan fingerprint density at radius 2 is 2.00 bits per heavy atom. The maximum atomic E-state index is 12.5. The van der Waals surface area contributed by atoms with Gasteiger partial charge in [-0.2, -0.15) is 0 Å². The Hall–Kier alpha value is -1.53. The smallest absolute Gasteiger partial charge is 0.274 e. The molecule has 1 aliphatic carbocycles. The molecule has 3 rings (SSSR count). The summed E-state index contributed by atoms with van der Waals surface area (Å²) in [6, 6.07) is 7.82. The average molecular weight is 244 g/mol. The zero-order chi connectivity index (χ0) is 11.9. The lowest BCUT2D eigenvalue weighted by molar-refractivity contribution is 0.390. The number of rotatable bonds is 0. The first kappa shape index (κ1) is 10.6. The van der Waals surface area contributed by atoms with Gasteiger partial charge >= 0.3 is 0 Å². The Labute approximate surface area is 101 Å². The van der Waals surface area contributed by atoms with E-state index in [9.17, 15) is 4.57 Å². The van der Waals surface area contributed by atoms with Gasteiger partial charge in [0.15, 0.2) is 0 Å². The summed E-state index contributed by atoms with van der Waals surface area (Å²) in [5, 5.41) is 0.841. The summed E-state index contributed by atoms with van der Waals surface area (Å²) >= 11 is 0. The summed E-state index contributed by atoms with van der Waals surface area (Å²) in [5.74, 6) is 0.864. The minimum absolute atomic E-state index is 0.0863. The van der Waals surface area contributed by atoms with Crippen molar-refractivity contribution in [3.63, 3.8) is 0 Å². The number of hydrogen-bond donors (Lipinski definition) is 0. The second kappa shape index (κ2) is 3.75. The van der Waals surface area contributed by atoms with Crippen LogP contribution in [0.1, 0.15) is 11.5 Å². The van der Waals surface area contributed by atoms with E-state index in [-0.39, 0.29) is 5.92 Å². The molecule has 2 nitrogen and oxygen atoms in total. The predicted octanol–water partition coefficient (Wildman–Crippen LogP) is 3.34. The Balaban J connectivity index is 2.25. The van der Waals surface area contributed by atoms with Gasteiger partial charge in [0.25, 0.3) is 7.37 Å². The van der Waals surface area contributed by atoms with Gasteiger partial charge in [-0.15, -0.1) is 0 Å². The van der Waals surface area contributed by atoms with Crippen LogP contribution in [0.5, 0.6) is 0 Å². The van der Waals surface area contributed by atoms with E-state index in [1.807, 2.05) is 48.6 Å². The van der Waals surface area contributed by atoms with E-state index >= 15 is 0 Å². The molecule has 17 heavy (non-hydrogen) atoms. The van der Waals surface area contributed by atoms with Crippen LogP contribution in [0.25, 0.3) is 0 Å². The van der Waals surface area contributed by atoms with Gasteiger partial charge in [-0.05, 0) is 17.7 Å². The molecule has 2 aliphatic rings. The summed E-state index contributed by atoms with van der Waals surface area (Å²) in [4.78, 5) is 0. The Bertz CT molecular complexity index is 596. The van der Waals surface area contributed by atoms with E-state index in [4.69, 9.17) is 4.52 Å². The van der Waals surface area contributed by atoms with E-state index in [0.29, 0.717) is 0 Å². The highest BCUT2D eigenvalue weighted by atomic mass is 31.2. The second-order valence-corrected chi connectivity index (χ2v) is 6.67. The van der Waals surface area contributed by atoms with Crippen LogP contribution in [0.2, 0.25) is 0 Å². The molecule has 0 radical (unpaired) electrons. The van der Waals surface area contributed by atoms with Gasteiger partial charge in [0.2, 0.25) is 0 Å². The summed E-state index contributed by atoms with van der Waals surface area (Å²) < 4.78 is 18.2. The maximum absolute atomic E-state index is 12.5. The number of fused-ring (bicyclic) bond motifs is 3. The van der Waals surface area contributed by atoms with E-state index < -0.39 is 7.37 Å². The Morgan fingerprint density at radius 3 is 2.88 bits per heavy atom. The lowest BCUT2D eigenvalue weighted by Crippen LogP contribution is -2.22. The molecule has 3 heteroatoms. The fourth-order valence-corrected chi connectivity index (χ4v) is 4.02. The molecule has 1 aliphatic heterocycles. The van der Waals surface area contributed by atoms with Crippen LogP contribution in [0.3, 0.4) is 0 Å². The van der Waals surface area contributed by atoms with E-state index in [2.05, 4.69) is 6.08 Å². The molecule has 2 atom stereocenters. The lowest BCUT2D eigenvalue weighted by Gasteiger charge is -2.30. The van der Waals surface area contributed by atoms with Crippen molar-refractivity contribution in [3.05, 3.63) is 66.0 Å². The fraction of sp³-hybridized carbons (Fsp3) is 0.143. The molecule has 0 amide bonds. The quantitative estimate of drug-likeness (QED) is 0.654. The average Bonchev–Trinajstić information content (AvgIpc) is 2.54. The third-order valence-electron chi connectivity index (χ3n) is 3.08. The molecule has 0 spiro atoms. The third-order valence-corrected chi connectivity index (χ3v) is 4.92. The highest BCUT2D eigenvalue weighted by Gasteiger charge is 2.35. The minimum Gasteiger partial charge on any atom is -0.444 e. The van der Waals surface area contributed by atoms with Crippen LogP contribution in [0, 0.1) is 0 Å². The van der Waals surface area contributed by atoms with Crippen molar-refractivity contribution >= 4 is 12.7 Å². The fourth-order valence-electron chi connectivity index (χ4n) is 2.30. The zero-order valence-electron chi connectivity index (χ0n) is 9.54. The summed E-state index contributed by atoms with van der Waals surface area (Å²) in [6.45, 7) is 1.68. The molecule has 1 aromatic carbocycles. The van der Waals surface area contributed by atoms with Crippen LogP contribution in [0.4, 0.5) is 0 Å². The molecule has 0 bridgehead atoms. The van der Waals surface area contributed by atoms with Crippen LogP contribution in [-0.2, 0) is 9.09 Å². The predicted molar refractivity (Wildman–Crippen MR) is 69.8 cm³/mol. The zero-order valence-corrected chi connectivity index (χ0v) is 10.4. The molecule has 0 saturated heterocycles. The lowest BCUT2D eigenvalue weighted by atomic mass is 9.96. The molecule has 1 heterocycles. The second-order valence-electron chi connectivity index (χ2n) is 4.31. The van der Waals surface area contributed by atoms with Gasteiger partial charge in [-0.25, -0.2) is 0 Å². The highest BCUT2D eigenvalue weighted by Crippen LogP contribution is 2.52. The summed E-state index contributed by atoms with van der Waals surface area (Å²) in [5.41, 5.74) is 1.09. The molecule has 1 aromatic rings. The van der Waals surface area contributed by atoms with Gasteiger partial charge in [0.05, 0.1) is 11.2 Å². The Kier molecular flexibility index (Phi) is 2.34. The van der Waals surface area contributed by atoms with Crippen molar-refractivity contribution in [1.82, 2.24) is 0 Å². The first-order chi connectivity index (χ1) is 8.18. The molecular weight excluding hydrogens is 231 g/mol. The van der Waals surface area contributed by atoms with Crippen LogP contribution in [-0.4, -0.2) is 6.66 Å². The van der Waals surface area contributed by atoms with E-state index in [1.165, 1.54) is 0 Å². The van der Waals surface area contributed by atoms with Gasteiger partial charge in [-0.3, -0.25) is 4.57 Å². The molecule has 0 N–H and O–H groups in total. The maximum Gasteiger partial charge on any atom is 0.274 e. The van der Waals surface area contributed by atoms with Crippen LogP contribution in [0.15, 0.2) is 60.4 Å². The highest BCUT2D eigenvalue weighted by molar-refractivity contribution is 7.66. The number of allylic oxidation sites excluding steroid dienone is 5. The minimum atomic E-state index is -2.72. The largest absolute Gasteiger partial charge is 0.444 e. The van der Waals surface area contributed by atoms with Gasteiger partial charge < -0.3 is 4.52 Å². The number of hydrogen-bond acceptors (Lipinski definition) is 2. The first-order valence-electron chi connectivity index (χ1n) is 5.60. The molecule has 0 saturated carbocycles. The number of benzene rings is 1.